The average Bonchev–Trinajstić information content (AvgIpc) is 3.07. The van der Waals surface area contributed by atoms with E-state index < -0.39 is 24.2 Å². The van der Waals surface area contributed by atoms with E-state index in [4.69, 9.17) is 33.2 Å². The number of ketones is 1. The lowest BCUT2D eigenvalue weighted by atomic mass is 9.72. The fourth-order valence-electron chi connectivity index (χ4n) is 7.98. The second-order valence-corrected chi connectivity index (χ2v) is 12.0. The van der Waals surface area contributed by atoms with Crippen LogP contribution in [0.1, 0.15) is 55.8 Å². The van der Waals surface area contributed by atoms with Crippen LogP contribution in [0.25, 0.3) is 0 Å². The van der Waals surface area contributed by atoms with Gasteiger partial charge in [-0.05, 0) is 26.5 Å². The van der Waals surface area contributed by atoms with Gasteiger partial charge in [-0.1, -0.05) is 30.3 Å². The first-order chi connectivity index (χ1) is 22.7. The number of piperazine rings is 1. The van der Waals surface area contributed by atoms with Crippen molar-refractivity contribution in [2.24, 2.45) is 0 Å². The number of Topliss-reactive ketones (excluding diaryl/α,β-unsaturated/α-hetero) is 1. The highest BCUT2D eigenvalue weighted by Crippen LogP contribution is 2.58. The quantitative estimate of drug-likeness (QED) is 0.310. The second-order valence-electron chi connectivity index (χ2n) is 12.0. The molecule has 47 heavy (non-hydrogen) atoms. The summed E-state index contributed by atoms with van der Waals surface area (Å²) in [5.41, 5.74) is 4.79. The number of fused-ring (bicyclic) bond motifs is 7. The molecule has 0 spiro atoms. The maximum atomic E-state index is 15.1. The third-order valence-corrected chi connectivity index (χ3v) is 9.92. The third kappa shape index (κ3) is 4.70. The number of carbonyl (C=O) groups is 2. The van der Waals surface area contributed by atoms with Gasteiger partial charge in [-0.2, -0.15) is 0 Å². The predicted molar refractivity (Wildman–Crippen MR) is 173 cm³/mol. The topological polar surface area (TPSA) is 105 Å². The van der Waals surface area contributed by atoms with Crippen molar-refractivity contribution < 1.29 is 42.7 Å². The Hall–Kier alpha value is -4.48. The number of hydrogen-bond acceptors (Lipinski definition) is 10. The molecule has 11 nitrogen and oxygen atoms in total. The number of benzene rings is 3. The molecule has 1 amide bonds. The van der Waals surface area contributed by atoms with Crippen molar-refractivity contribution in [3.63, 3.8) is 0 Å². The zero-order chi connectivity index (χ0) is 33.7. The molecule has 3 aromatic carbocycles. The third-order valence-electron chi connectivity index (χ3n) is 9.92. The fraction of sp³-hybridized carbons (Fsp3) is 0.444. The Kier molecular flexibility index (Phi) is 8.71. The number of rotatable bonds is 10. The highest BCUT2D eigenvalue weighted by molar-refractivity contribution is 6.10. The van der Waals surface area contributed by atoms with Gasteiger partial charge in [0.2, 0.25) is 5.91 Å². The van der Waals surface area contributed by atoms with Crippen LogP contribution in [0.15, 0.2) is 30.3 Å². The van der Waals surface area contributed by atoms with E-state index in [0.717, 1.165) is 22.3 Å². The van der Waals surface area contributed by atoms with Crippen molar-refractivity contribution in [1.82, 2.24) is 9.80 Å². The van der Waals surface area contributed by atoms with Gasteiger partial charge in [0.05, 0.1) is 79.6 Å². The molecule has 0 radical (unpaired) electrons. The number of methoxy groups -OCH3 is 6. The van der Waals surface area contributed by atoms with Gasteiger partial charge in [-0.3, -0.25) is 14.5 Å². The molecule has 1 saturated heterocycles. The molecule has 1 fully saturated rings. The summed E-state index contributed by atoms with van der Waals surface area (Å²) in [6, 6.07) is 6.96. The molecule has 0 saturated carbocycles. The van der Waals surface area contributed by atoms with Crippen LogP contribution in [0.3, 0.4) is 0 Å². The van der Waals surface area contributed by atoms with Crippen LogP contribution >= 0.6 is 0 Å². The van der Waals surface area contributed by atoms with Crippen molar-refractivity contribution in [1.29, 1.82) is 0 Å². The SMILES string of the molecule is COc1c(C)c(OC)c(OC)c2c1C[C@H]1C(=O)N3[C@@H](COCc4ccccc4)c4c(OC)c(OC)c(C)c(OC)c4C(=O)[C@H]3[C@@H]2N1C. The van der Waals surface area contributed by atoms with Gasteiger partial charge in [0, 0.05) is 34.2 Å². The molecular formula is C36H42N2O9. The summed E-state index contributed by atoms with van der Waals surface area (Å²) < 4.78 is 41.9. The summed E-state index contributed by atoms with van der Waals surface area (Å²) in [5.74, 6) is 2.35. The molecule has 4 atom stereocenters. The number of ether oxygens (including phenoxy) is 7. The summed E-state index contributed by atoms with van der Waals surface area (Å²) in [5, 5.41) is 0. The van der Waals surface area contributed by atoms with Gasteiger partial charge in [0.15, 0.2) is 28.8 Å². The zero-order valence-corrected chi connectivity index (χ0v) is 28.4. The summed E-state index contributed by atoms with van der Waals surface area (Å²) >= 11 is 0. The Morgan fingerprint density at radius 1 is 0.702 bits per heavy atom. The molecular weight excluding hydrogens is 604 g/mol. The highest BCUT2D eigenvalue weighted by atomic mass is 16.5. The maximum absolute atomic E-state index is 15.1. The number of likely N-dealkylation sites (N-methyl/N-ethyl adjacent to an activating group) is 1. The second kappa shape index (κ2) is 12.6. The monoisotopic (exact) mass is 646 g/mol. The molecule has 0 aliphatic carbocycles. The molecule has 3 heterocycles. The smallest absolute Gasteiger partial charge is 0.241 e. The minimum atomic E-state index is -0.960. The molecule has 6 rings (SSSR count). The van der Waals surface area contributed by atoms with Crippen LogP contribution in [0.4, 0.5) is 0 Å². The van der Waals surface area contributed by atoms with Gasteiger partial charge < -0.3 is 38.1 Å². The summed E-state index contributed by atoms with van der Waals surface area (Å²) in [6.45, 7) is 4.13. The Morgan fingerprint density at radius 2 is 1.26 bits per heavy atom. The number of carbonyl (C=O) groups excluding carboxylic acids is 2. The number of nitrogens with zero attached hydrogens (tertiary/aromatic N) is 2. The Bertz CT molecular complexity index is 1720. The van der Waals surface area contributed by atoms with Gasteiger partial charge in [0.25, 0.3) is 0 Å². The molecule has 0 aromatic heterocycles. The van der Waals surface area contributed by atoms with Gasteiger partial charge in [-0.25, -0.2) is 0 Å². The lowest BCUT2D eigenvalue weighted by molar-refractivity contribution is -0.156. The lowest BCUT2D eigenvalue weighted by Crippen LogP contribution is -2.68. The van der Waals surface area contributed by atoms with E-state index in [2.05, 4.69) is 0 Å². The average molecular weight is 647 g/mol. The molecule has 3 aliphatic rings. The standard InChI is InChI=1S/C36H42N2O9/c1-18-30(41-4)21-15-22-36(40)38-23(17-47-16-20-13-11-10-12-14-20)25-26(31(42-5)19(2)33(44-7)35(25)46-9)29(39)28(38)27(37(22)3)24(21)34(45-8)32(18)43-6/h10-14,22-23,27-28H,15-17H2,1-9H3/t22-,23-,27+,28+/m0/s1. The van der Waals surface area contributed by atoms with Crippen LogP contribution in [0.2, 0.25) is 0 Å². The lowest BCUT2D eigenvalue weighted by Gasteiger charge is -2.56. The van der Waals surface area contributed by atoms with E-state index in [-0.39, 0.29) is 18.3 Å². The Morgan fingerprint density at radius 3 is 1.83 bits per heavy atom. The normalized spacial score (nSPS) is 21.4. The van der Waals surface area contributed by atoms with Crippen molar-refractivity contribution in [2.45, 2.75) is 51.0 Å². The van der Waals surface area contributed by atoms with Crippen LogP contribution in [-0.2, 0) is 22.6 Å². The summed E-state index contributed by atoms with van der Waals surface area (Å²) in [6.07, 6.45) is 0.352. The fourth-order valence-corrected chi connectivity index (χ4v) is 7.98. The molecule has 11 heteroatoms. The van der Waals surface area contributed by atoms with E-state index in [1.54, 1.807) is 33.3 Å². The summed E-state index contributed by atoms with van der Waals surface area (Å²) in [7, 11) is 11.3. The van der Waals surface area contributed by atoms with Crippen molar-refractivity contribution in [3.05, 3.63) is 69.3 Å². The van der Waals surface area contributed by atoms with Crippen LogP contribution < -0.4 is 28.4 Å². The predicted octanol–water partition coefficient (Wildman–Crippen LogP) is 4.62. The molecule has 3 aromatic rings. The number of amides is 1. The van der Waals surface area contributed by atoms with Gasteiger partial charge in [-0.15, -0.1) is 0 Å². The van der Waals surface area contributed by atoms with Gasteiger partial charge in [0.1, 0.15) is 17.5 Å². The first kappa shape index (κ1) is 32.5. The number of hydrogen-bond donors (Lipinski definition) is 0. The molecule has 0 N–H and O–H groups in total. The largest absolute Gasteiger partial charge is 0.496 e. The van der Waals surface area contributed by atoms with E-state index in [0.29, 0.717) is 64.2 Å². The summed E-state index contributed by atoms with van der Waals surface area (Å²) in [4.78, 5) is 33.6. The minimum Gasteiger partial charge on any atom is -0.496 e. The molecule has 0 unspecified atom stereocenters. The van der Waals surface area contributed by atoms with Crippen molar-refractivity contribution >= 4 is 11.7 Å². The van der Waals surface area contributed by atoms with E-state index >= 15 is 4.79 Å². The first-order valence-corrected chi connectivity index (χ1v) is 15.5. The molecule has 250 valence electrons. The van der Waals surface area contributed by atoms with E-state index in [9.17, 15) is 4.79 Å². The van der Waals surface area contributed by atoms with Gasteiger partial charge >= 0.3 is 0 Å². The molecule has 3 aliphatic heterocycles. The highest BCUT2D eigenvalue weighted by Gasteiger charge is 2.59. The first-order valence-electron chi connectivity index (χ1n) is 15.5. The van der Waals surface area contributed by atoms with Crippen molar-refractivity contribution in [3.8, 4) is 34.5 Å². The van der Waals surface area contributed by atoms with E-state index in [1.807, 2.05) is 56.1 Å². The Labute approximate surface area is 275 Å². The van der Waals surface area contributed by atoms with Crippen LogP contribution in [0.5, 0.6) is 34.5 Å². The van der Waals surface area contributed by atoms with Crippen LogP contribution in [-0.4, -0.2) is 89.9 Å². The van der Waals surface area contributed by atoms with E-state index in [1.165, 1.54) is 14.2 Å². The molecule has 2 bridgehead atoms. The minimum absolute atomic E-state index is 0.0941. The Balaban J connectivity index is 1.62. The van der Waals surface area contributed by atoms with Crippen LogP contribution in [0, 0.1) is 13.8 Å². The zero-order valence-electron chi connectivity index (χ0n) is 28.4. The maximum Gasteiger partial charge on any atom is 0.241 e. The van der Waals surface area contributed by atoms with Crippen molar-refractivity contribution in [2.75, 3.05) is 56.3 Å².